The summed E-state index contributed by atoms with van der Waals surface area (Å²) < 4.78 is 0.365. The first kappa shape index (κ1) is 16.4. The molecule has 0 unspecified atom stereocenters. The van der Waals surface area contributed by atoms with Gasteiger partial charge in [-0.05, 0) is 74.0 Å². The van der Waals surface area contributed by atoms with Gasteiger partial charge in [0.05, 0.1) is 0 Å². The van der Waals surface area contributed by atoms with Crippen LogP contribution in [0.4, 0.5) is 0 Å². The van der Waals surface area contributed by atoms with Gasteiger partial charge in [0.1, 0.15) is 0 Å². The number of carbonyl (C=O) groups is 1. The van der Waals surface area contributed by atoms with Crippen molar-refractivity contribution in [3.05, 3.63) is 0 Å². The third-order valence-corrected chi connectivity index (χ3v) is 8.63. The van der Waals surface area contributed by atoms with Gasteiger partial charge in [0, 0.05) is 16.8 Å². The molecule has 5 atom stereocenters. The molecule has 5 fully saturated rings. The molecule has 5 aliphatic carbocycles. The van der Waals surface area contributed by atoms with Gasteiger partial charge in [-0.2, -0.15) is 0 Å². The van der Waals surface area contributed by atoms with Crippen LogP contribution in [0.25, 0.3) is 0 Å². The molecule has 5 aliphatic rings. The largest absolute Gasteiger partial charge is 0.353 e. The minimum atomic E-state index is 0.307. The molecule has 23 heavy (non-hydrogen) atoms. The molecule has 0 spiro atoms. The first-order valence-corrected chi connectivity index (χ1v) is 10.6. The van der Waals surface area contributed by atoms with Crippen molar-refractivity contribution in [2.75, 3.05) is 0 Å². The standard InChI is InChI=1S/C20H32BrNO/c1-13-4-3-5-17(14(13)2)22-18(23)11-19-7-15-6-16(8-19)10-20(21,9-15)12-19/h13-17H,3-12H2,1-2H3,(H,22,23)/t13-,14-,15-,16-,17+,19?,20?/m1/s1. The number of nitrogens with one attached hydrogen (secondary N) is 1. The molecular formula is C20H32BrNO. The predicted molar refractivity (Wildman–Crippen MR) is 97.5 cm³/mol. The summed E-state index contributed by atoms with van der Waals surface area (Å²) in [6.45, 7) is 4.67. The fourth-order valence-corrected chi connectivity index (χ4v) is 8.44. The summed E-state index contributed by atoms with van der Waals surface area (Å²) in [6.07, 6.45) is 12.5. The molecule has 4 bridgehead atoms. The summed E-state index contributed by atoms with van der Waals surface area (Å²) >= 11 is 4.07. The van der Waals surface area contributed by atoms with Crippen LogP contribution in [0.5, 0.6) is 0 Å². The number of hydrogen-bond donors (Lipinski definition) is 1. The molecule has 0 aromatic carbocycles. The Morgan fingerprint density at radius 3 is 2.48 bits per heavy atom. The van der Waals surface area contributed by atoms with Gasteiger partial charge in [-0.1, -0.05) is 42.6 Å². The summed E-state index contributed by atoms with van der Waals surface area (Å²) in [5.41, 5.74) is 0.307. The number of alkyl halides is 1. The van der Waals surface area contributed by atoms with E-state index in [0.717, 1.165) is 24.2 Å². The summed E-state index contributed by atoms with van der Waals surface area (Å²) in [5.74, 6) is 3.47. The van der Waals surface area contributed by atoms with Crippen LogP contribution in [0.3, 0.4) is 0 Å². The minimum Gasteiger partial charge on any atom is -0.353 e. The molecule has 0 heterocycles. The van der Waals surface area contributed by atoms with Crippen LogP contribution in [0.2, 0.25) is 0 Å². The maximum absolute atomic E-state index is 12.8. The average molecular weight is 382 g/mol. The number of hydrogen-bond acceptors (Lipinski definition) is 1. The second-order valence-corrected chi connectivity index (χ2v) is 11.4. The molecule has 1 amide bonds. The van der Waals surface area contributed by atoms with Crippen LogP contribution in [0.1, 0.15) is 78.1 Å². The highest BCUT2D eigenvalue weighted by Crippen LogP contribution is 2.65. The molecule has 130 valence electrons. The molecular weight excluding hydrogens is 350 g/mol. The van der Waals surface area contributed by atoms with E-state index < -0.39 is 0 Å². The van der Waals surface area contributed by atoms with Crippen LogP contribution in [0, 0.1) is 29.1 Å². The van der Waals surface area contributed by atoms with Crippen LogP contribution in [0.15, 0.2) is 0 Å². The first-order chi connectivity index (χ1) is 10.9. The van der Waals surface area contributed by atoms with E-state index in [1.54, 1.807) is 0 Å². The number of rotatable bonds is 3. The second-order valence-electron chi connectivity index (χ2n) is 9.73. The zero-order valence-electron chi connectivity index (χ0n) is 14.7. The van der Waals surface area contributed by atoms with Gasteiger partial charge in [-0.3, -0.25) is 4.79 Å². The third kappa shape index (κ3) is 3.12. The summed E-state index contributed by atoms with van der Waals surface area (Å²) in [4.78, 5) is 12.8. The van der Waals surface area contributed by atoms with Crippen molar-refractivity contribution in [1.29, 1.82) is 0 Å². The highest BCUT2D eigenvalue weighted by Gasteiger charge is 2.57. The van der Waals surface area contributed by atoms with E-state index in [9.17, 15) is 4.79 Å². The van der Waals surface area contributed by atoms with Gasteiger partial charge in [0.2, 0.25) is 5.91 Å². The van der Waals surface area contributed by atoms with E-state index >= 15 is 0 Å². The SMILES string of the molecule is C[C@@H]1[C@H](C)CCC[C@@H]1NC(=O)CC12C[C@H]3C[C@@H](CC(Br)(C3)C1)C2. The molecule has 5 rings (SSSR count). The normalized spacial score (nSPS) is 51.7. The Morgan fingerprint density at radius 1 is 1.13 bits per heavy atom. The Labute approximate surface area is 149 Å². The molecule has 5 saturated carbocycles. The van der Waals surface area contributed by atoms with Gasteiger partial charge in [0.25, 0.3) is 0 Å². The lowest BCUT2D eigenvalue weighted by atomic mass is 9.48. The van der Waals surface area contributed by atoms with Gasteiger partial charge < -0.3 is 5.32 Å². The molecule has 0 aliphatic heterocycles. The lowest BCUT2D eigenvalue weighted by Crippen LogP contribution is -2.54. The quantitative estimate of drug-likeness (QED) is 0.680. The molecule has 0 radical (unpaired) electrons. The lowest BCUT2D eigenvalue weighted by Gasteiger charge is -2.60. The zero-order chi connectivity index (χ0) is 16.2. The monoisotopic (exact) mass is 381 g/mol. The average Bonchev–Trinajstić information content (AvgIpc) is 2.40. The highest BCUT2D eigenvalue weighted by molar-refractivity contribution is 9.10. The van der Waals surface area contributed by atoms with Crippen molar-refractivity contribution in [1.82, 2.24) is 5.32 Å². The molecule has 1 N–H and O–H groups in total. The fraction of sp³-hybridized carbons (Fsp3) is 0.950. The number of amides is 1. The van der Waals surface area contributed by atoms with Crippen molar-refractivity contribution in [3.63, 3.8) is 0 Å². The van der Waals surface area contributed by atoms with Crippen molar-refractivity contribution in [3.8, 4) is 0 Å². The van der Waals surface area contributed by atoms with Crippen molar-refractivity contribution in [2.45, 2.75) is 88.4 Å². The summed E-state index contributed by atoms with van der Waals surface area (Å²) in [7, 11) is 0. The number of halogens is 1. The fourth-order valence-electron chi connectivity index (χ4n) is 6.93. The van der Waals surface area contributed by atoms with Crippen LogP contribution in [-0.2, 0) is 4.79 Å². The predicted octanol–water partition coefficient (Wildman–Crippen LogP) is 5.05. The van der Waals surface area contributed by atoms with Crippen LogP contribution in [-0.4, -0.2) is 16.3 Å². The minimum absolute atomic E-state index is 0.307. The van der Waals surface area contributed by atoms with E-state index in [1.165, 1.54) is 57.8 Å². The van der Waals surface area contributed by atoms with E-state index in [-0.39, 0.29) is 0 Å². The lowest BCUT2D eigenvalue weighted by molar-refractivity contribution is -0.129. The van der Waals surface area contributed by atoms with Crippen LogP contribution < -0.4 is 5.32 Å². The van der Waals surface area contributed by atoms with Gasteiger partial charge in [0.15, 0.2) is 0 Å². The zero-order valence-corrected chi connectivity index (χ0v) is 16.3. The Morgan fingerprint density at radius 2 is 1.83 bits per heavy atom. The van der Waals surface area contributed by atoms with Crippen molar-refractivity contribution < 1.29 is 4.79 Å². The topological polar surface area (TPSA) is 29.1 Å². The Hall–Kier alpha value is -0.0500. The molecule has 0 saturated heterocycles. The maximum Gasteiger partial charge on any atom is 0.220 e. The molecule has 0 aromatic heterocycles. The molecule has 2 nitrogen and oxygen atoms in total. The van der Waals surface area contributed by atoms with E-state index in [4.69, 9.17) is 0 Å². The summed E-state index contributed by atoms with van der Waals surface area (Å²) in [5, 5.41) is 3.43. The van der Waals surface area contributed by atoms with E-state index in [2.05, 4.69) is 35.1 Å². The van der Waals surface area contributed by atoms with Gasteiger partial charge in [-0.15, -0.1) is 0 Å². The van der Waals surface area contributed by atoms with Gasteiger partial charge in [-0.25, -0.2) is 0 Å². The smallest absolute Gasteiger partial charge is 0.220 e. The molecule has 3 heteroatoms. The molecule has 0 aromatic rings. The first-order valence-electron chi connectivity index (χ1n) is 9.85. The van der Waals surface area contributed by atoms with Gasteiger partial charge >= 0.3 is 0 Å². The maximum atomic E-state index is 12.8. The Balaban J connectivity index is 1.41. The Kier molecular flexibility index (Phi) is 4.10. The number of carbonyl (C=O) groups excluding carboxylic acids is 1. The second kappa shape index (κ2) is 5.75. The highest BCUT2D eigenvalue weighted by atomic mass is 79.9. The summed E-state index contributed by atoms with van der Waals surface area (Å²) in [6, 6.07) is 0.415. The van der Waals surface area contributed by atoms with Crippen molar-refractivity contribution >= 4 is 21.8 Å². The van der Waals surface area contributed by atoms with E-state index in [1.807, 2.05) is 0 Å². The van der Waals surface area contributed by atoms with Crippen LogP contribution >= 0.6 is 15.9 Å². The van der Waals surface area contributed by atoms with E-state index in [0.29, 0.717) is 27.6 Å². The van der Waals surface area contributed by atoms with Crippen molar-refractivity contribution in [2.24, 2.45) is 29.1 Å². The Bertz CT molecular complexity index is 476. The third-order valence-electron chi connectivity index (χ3n) is 7.70.